The summed E-state index contributed by atoms with van der Waals surface area (Å²) in [6.45, 7) is 0.986. The van der Waals surface area contributed by atoms with Gasteiger partial charge in [0.05, 0.1) is 7.11 Å². The first kappa shape index (κ1) is 14.8. The van der Waals surface area contributed by atoms with E-state index in [-0.39, 0.29) is 11.2 Å². The number of rotatable bonds is 2. The number of benzene rings is 1. The van der Waals surface area contributed by atoms with Crippen LogP contribution in [0.5, 0.6) is 11.5 Å². The van der Waals surface area contributed by atoms with Gasteiger partial charge in [0.15, 0.2) is 11.5 Å². The number of carbonyl (C=O) groups excluding carboxylic acids is 1. The molecule has 23 heavy (non-hydrogen) atoms. The standard InChI is InChI=1S/C19H23NO3/c1-20-8-7-19-10-12(11-21)3-5-14(19)15(20)9-13-4-6-16(23-2)18(22)17(13)19/h4,6,10-11,14-15,22H,3,5,7-9H2,1-2H3/t14-,15-,19-/m0/s1. The highest BCUT2D eigenvalue weighted by Gasteiger charge is 2.54. The number of methoxy groups -OCH3 is 1. The molecular weight excluding hydrogens is 290 g/mol. The number of phenolic OH excluding ortho intramolecular Hbond substituents is 1. The monoisotopic (exact) mass is 313 g/mol. The van der Waals surface area contributed by atoms with Crippen LogP contribution in [0.1, 0.15) is 30.4 Å². The Morgan fingerprint density at radius 1 is 1.43 bits per heavy atom. The second-order valence-electron chi connectivity index (χ2n) is 7.18. The van der Waals surface area contributed by atoms with Crippen molar-refractivity contribution in [2.24, 2.45) is 5.92 Å². The van der Waals surface area contributed by atoms with Crippen molar-refractivity contribution in [2.75, 3.05) is 20.7 Å². The van der Waals surface area contributed by atoms with Gasteiger partial charge in [-0.1, -0.05) is 12.1 Å². The summed E-state index contributed by atoms with van der Waals surface area (Å²) in [5, 5.41) is 10.8. The van der Waals surface area contributed by atoms with Crippen LogP contribution in [-0.2, 0) is 16.6 Å². The largest absolute Gasteiger partial charge is 0.504 e. The van der Waals surface area contributed by atoms with Crippen LogP contribution in [-0.4, -0.2) is 43.0 Å². The summed E-state index contributed by atoms with van der Waals surface area (Å²) in [4.78, 5) is 13.9. The van der Waals surface area contributed by atoms with Crippen molar-refractivity contribution in [2.45, 2.75) is 37.1 Å². The van der Waals surface area contributed by atoms with Gasteiger partial charge in [-0.05, 0) is 62.4 Å². The lowest BCUT2D eigenvalue weighted by molar-refractivity contribution is -0.105. The maximum absolute atomic E-state index is 11.4. The number of phenols is 1. The van der Waals surface area contributed by atoms with E-state index in [1.54, 1.807) is 7.11 Å². The Morgan fingerprint density at radius 3 is 3.00 bits per heavy atom. The van der Waals surface area contributed by atoms with E-state index < -0.39 is 0 Å². The van der Waals surface area contributed by atoms with Crippen molar-refractivity contribution < 1.29 is 14.6 Å². The minimum Gasteiger partial charge on any atom is -0.504 e. The molecule has 1 saturated heterocycles. The minimum absolute atomic E-state index is 0.224. The zero-order chi connectivity index (χ0) is 16.2. The molecule has 0 saturated carbocycles. The average molecular weight is 313 g/mol. The summed E-state index contributed by atoms with van der Waals surface area (Å²) < 4.78 is 5.35. The number of ether oxygens (including phenoxy) is 1. The fraction of sp³-hybridized carbons (Fsp3) is 0.526. The van der Waals surface area contributed by atoms with Crippen molar-refractivity contribution in [3.63, 3.8) is 0 Å². The van der Waals surface area contributed by atoms with Gasteiger partial charge in [-0.3, -0.25) is 4.79 Å². The van der Waals surface area contributed by atoms with Crippen LogP contribution in [0, 0.1) is 5.92 Å². The maximum Gasteiger partial charge on any atom is 0.162 e. The van der Waals surface area contributed by atoms with Crippen LogP contribution in [0.3, 0.4) is 0 Å². The summed E-state index contributed by atoms with van der Waals surface area (Å²) in [5.74, 6) is 1.25. The second-order valence-corrected chi connectivity index (χ2v) is 7.18. The van der Waals surface area contributed by atoms with Gasteiger partial charge < -0.3 is 14.7 Å². The van der Waals surface area contributed by atoms with Crippen LogP contribution in [0.2, 0.25) is 0 Å². The van der Waals surface area contributed by atoms with E-state index in [2.05, 4.69) is 24.1 Å². The van der Waals surface area contributed by atoms with E-state index >= 15 is 0 Å². The first-order valence-corrected chi connectivity index (χ1v) is 8.37. The van der Waals surface area contributed by atoms with E-state index in [1.807, 2.05) is 6.07 Å². The molecule has 1 aromatic rings. The number of aldehydes is 1. The summed E-state index contributed by atoms with van der Waals surface area (Å²) in [6.07, 6.45) is 6.90. The smallest absolute Gasteiger partial charge is 0.162 e. The van der Waals surface area contributed by atoms with Gasteiger partial charge in [-0.25, -0.2) is 0 Å². The molecule has 0 radical (unpaired) electrons. The van der Waals surface area contributed by atoms with Crippen molar-refractivity contribution in [3.05, 3.63) is 34.9 Å². The Labute approximate surface area is 136 Å². The predicted octanol–water partition coefficient (Wildman–Crippen LogP) is 2.43. The number of hydrogen-bond acceptors (Lipinski definition) is 4. The Balaban J connectivity index is 1.99. The molecule has 2 aliphatic carbocycles. The summed E-state index contributed by atoms with van der Waals surface area (Å²) >= 11 is 0. The van der Waals surface area contributed by atoms with E-state index in [4.69, 9.17) is 4.74 Å². The van der Waals surface area contributed by atoms with Crippen LogP contribution in [0.25, 0.3) is 0 Å². The normalized spacial score (nSPS) is 32.5. The van der Waals surface area contributed by atoms with Gasteiger partial charge in [0.1, 0.15) is 6.29 Å². The average Bonchev–Trinajstić information content (AvgIpc) is 2.57. The molecule has 3 aliphatic rings. The Hall–Kier alpha value is -1.81. The third-order valence-electron chi connectivity index (χ3n) is 6.25. The summed E-state index contributed by atoms with van der Waals surface area (Å²) in [7, 11) is 3.78. The quantitative estimate of drug-likeness (QED) is 0.852. The molecule has 2 bridgehead atoms. The molecule has 1 heterocycles. The lowest BCUT2D eigenvalue weighted by atomic mass is 9.53. The number of aromatic hydroxyl groups is 1. The fourth-order valence-corrected chi connectivity index (χ4v) is 5.18. The molecule has 4 heteroatoms. The minimum atomic E-state index is -0.224. The number of hydrogen-bond donors (Lipinski definition) is 1. The first-order valence-electron chi connectivity index (χ1n) is 8.37. The van der Waals surface area contributed by atoms with Gasteiger partial charge >= 0.3 is 0 Å². The number of allylic oxidation sites excluding steroid dienone is 2. The van der Waals surface area contributed by atoms with Gasteiger partial charge in [0.25, 0.3) is 0 Å². The second kappa shape index (κ2) is 5.10. The molecule has 1 N–H and O–H groups in total. The molecule has 1 aromatic carbocycles. The number of piperidine rings is 1. The van der Waals surface area contributed by atoms with Crippen LogP contribution in [0.15, 0.2) is 23.8 Å². The Kier molecular flexibility index (Phi) is 3.27. The molecule has 1 fully saturated rings. The van der Waals surface area contributed by atoms with Gasteiger partial charge in [0.2, 0.25) is 0 Å². The predicted molar refractivity (Wildman–Crippen MR) is 87.9 cm³/mol. The zero-order valence-electron chi connectivity index (χ0n) is 13.7. The highest BCUT2D eigenvalue weighted by Crippen LogP contribution is 2.57. The number of fused-ring (bicyclic) bond motifs is 1. The maximum atomic E-state index is 11.4. The SMILES string of the molecule is COc1ccc2c(c1O)[C@@]13C=C(C=O)CC[C@H]1[C@H](C2)N(C)CC3. The highest BCUT2D eigenvalue weighted by atomic mass is 16.5. The van der Waals surface area contributed by atoms with Crippen LogP contribution < -0.4 is 4.74 Å². The van der Waals surface area contributed by atoms with E-state index in [0.29, 0.717) is 17.7 Å². The molecule has 0 aromatic heterocycles. The summed E-state index contributed by atoms with van der Waals surface area (Å²) in [6, 6.07) is 4.42. The molecule has 0 unspecified atom stereocenters. The van der Waals surface area contributed by atoms with Gasteiger partial charge in [0, 0.05) is 17.0 Å². The number of likely N-dealkylation sites (N-methyl/N-ethyl adjacent to an activating group) is 1. The zero-order valence-corrected chi connectivity index (χ0v) is 13.7. The van der Waals surface area contributed by atoms with E-state index in [1.165, 1.54) is 5.56 Å². The van der Waals surface area contributed by atoms with E-state index in [9.17, 15) is 9.90 Å². The van der Waals surface area contributed by atoms with E-state index in [0.717, 1.165) is 49.7 Å². The fourth-order valence-electron chi connectivity index (χ4n) is 5.18. The van der Waals surface area contributed by atoms with Crippen molar-refractivity contribution in [1.82, 2.24) is 4.90 Å². The number of likely N-dealkylation sites (tertiary alicyclic amines) is 1. The molecule has 0 spiro atoms. The summed E-state index contributed by atoms with van der Waals surface area (Å²) in [5.41, 5.74) is 2.85. The molecule has 1 aliphatic heterocycles. The molecule has 4 nitrogen and oxygen atoms in total. The highest BCUT2D eigenvalue weighted by molar-refractivity contribution is 5.75. The Morgan fingerprint density at radius 2 is 2.26 bits per heavy atom. The van der Waals surface area contributed by atoms with Crippen molar-refractivity contribution in [1.29, 1.82) is 0 Å². The molecular formula is C19H23NO3. The molecule has 4 rings (SSSR count). The van der Waals surface area contributed by atoms with Gasteiger partial charge in [-0.2, -0.15) is 0 Å². The lowest BCUT2D eigenvalue weighted by Crippen LogP contribution is -2.59. The first-order chi connectivity index (χ1) is 11.1. The third-order valence-corrected chi connectivity index (χ3v) is 6.25. The van der Waals surface area contributed by atoms with Crippen molar-refractivity contribution >= 4 is 6.29 Å². The molecule has 3 atom stereocenters. The van der Waals surface area contributed by atoms with Crippen LogP contribution in [0.4, 0.5) is 0 Å². The van der Waals surface area contributed by atoms with Gasteiger partial charge in [-0.15, -0.1) is 0 Å². The number of nitrogens with zero attached hydrogens (tertiary/aromatic N) is 1. The van der Waals surface area contributed by atoms with Crippen LogP contribution >= 0.6 is 0 Å². The number of carbonyl (C=O) groups is 1. The lowest BCUT2D eigenvalue weighted by Gasteiger charge is -2.57. The Bertz CT molecular complexity index is 696. The third kappa shape index (κ3) is 1.91. The topological polar surface area (TPSA) is 49.8 Å². The van der Waals surface area contributed by atoms with Crippen molar-refractivity contribution in [3.8, 4) is 11.5 Å². The molecule has 0 amide bonds. The molecule has 122 valence electrons.